The maximum absolute atomic E-state index is 11.9. The number of amides is 1. The van der Waals surface area contributed by atoms with E-state index in [-0.39, 0.29) is 11.9 Å². The van der Waals surface area contributed by atoms with Gasteiger partial charge in [0.2, 0.25) is 5.91 Å². The van der Waals surface area contributed by atoms with E-state index < -0.39 is 0 Å². The summed E-state index contributed by atoms with van der Waals surface area (Å²) < 4.78 is 1.88. The van der Waals surface area contributed by atoms with Gasteiger partial charge in [-0.3, -0.25) is 9.78 Å². The first-order valence-corrected chi connectivity index (χ1v) is 8.32. The van der Waals surface area contributed by atoms with Crippen LogP contribution in [-0.2, 0) is 11.8 Å². The van der Waals surface area contributed by atoms with E-state index in [1.165, 1.54) is 11.8 Å². The highest BCUT2D eigenvalue weighted by Gasteiger charge is 2.13. The molecule has 0 radical (unpaired) electrons. The van der Waals surface area contributed by atoms with E-state index in [0.717, 1.165) is 29.4 Å². The molecule has 1 amide bonds. The average Bonchev–Trinajstić information content (AvgIpc) is 2.87. The van der Waals surface area contributed by atoms with Crippen molar-refractivity contribution in [1.29, 1.82) is 0 Å². The van der Waals surface area contributed by atoms with Gasteiger partial charge < -0.3 is 9.88 Å². The third kappa shape index (κ3) is 4.30. The van der Waals surface area contributed by atoms with Gasteiger partial charge in [-0.05, 0) is 25.5 Å². The van der Waals surface area contributed by atoms with Crippen molar-refractivity contribution in [3.05, 3.63) is 24.5 Å². The van der Waals surface area contributed by atoms with E-state index in [9.17, 15) is 4.79 Å². The second kappa shape index (κ2) is 7.93. The Morgan fingerprint density at radius 1 is 1.45 bits per heavy atom. The van der Waals surface area contributed by atoms with Crippen molar-refractivity contribution in [3.63, 3.8) is 0 Å². The van der Waals surface area contributed by atoms with E-state index >= 15 is 0 Å². The highest BCUT2D eigenvalue weighted by Crippen LogP contribution is 2.21. The van der Waals surface area contributed by atoms with Crippen LogP contribution >= 0.6 is 11.8 Å². The zero-order chi connectivity index (χ0) is 15.9. The number of thioether (sulfide) groups is 1. The molecule has 0 spiro atoms. The van der Waals surface area contributed by atoms with Crippen LogP contribution < -0.4 is 5.32 Å². The molecule has 0 saturated carbocycles. The summed E-state index contributed by atoms with van der Waals surface area (Å²) in [5, 5.41) is 12.0. The second-order valence-electron chi connectivity index (χ2n) is 5.15. The van der Waals surface area contributed by atoms with Crippen molar-refractivity contribution in [2.75, 3.05) is 5.75 Å². The van der Waals surface area contributed by atoms with Crippen LogP contribution in [0, 0.1) is 0 Å². The molecule has 0 aliphatic rings. The van der Waals surface area contributed by atoms with Crippen LogP contribution in [0.1, 0.15) is 26.7 Å². The molecule has 6 nitrogen and oxygen atoms in total. The Morgan fingerprint density at radius 2 is 2.27 bits per heavy atom. The van der Waals surface area contributed by atoms with Crippen molar-refractivity contribution in [3.8, 4) is 11.4 Å². The van der Waals surface area contributed by atoms with Gasteiger partial charge in [-0.1, -0.05) is 25.1 Å². The van der Waals surface area contributed by atoms with Gasteiger partial charge in [0.1, 0.15) is 0 Å². The summed E-state index contributed by atoms with van der Waals surface area (Å²) >= 11 is 1.39. The number of rotatable bonds is 7. The van der Waals surface area contributed by atoms with Gasteiger partial charge in [-0.25, -0.2) is 0 Å². The minimum absolute atomic E-state index is 0.0249. The Bertz CT molecular complexity index is 614. The summed E-state index contributed by atoms with van der Waals surface area (Å²) in [7, 11) is 1.89. The Morgan fingerprint density at radius 3 is 2.95 bits per heavy atom. The summed E-state index contributed by atoms with van der Waals surface area (Å²) in [6, 6.07) is 4.01. The van der Waals surface area contributed by atoms with Gasteiger partial charge >= 0.3 is 0 Å². The van der Waals surface area contributed by atoms with Crippen LogP contribution in [0.25, 0.3) is 11.4 Å². The molecule has 2 rings (SSSR count). The third-order valence-electron chi connectivity index (χ3n) is 3.22. The first-order valence-electron chi connectivity index (χ1n) is 7.33. The average molecular weight is 319 g/mol. The Hall–Kier alpha value is -1.89. The lowest BCUT2D eigenvalue weighted by atomic mass is 10.2. The quantitative estimate of drug-likeness (QED) is 0.793. The fraction of sp³-hybridized carbons (Fsp3) is 0.467. The number of nitrogens with zero attached hydrogens (tertiary/aromatic N) is 4. The molecule has 1 N–H and O–H groups in total. The van der Waals surface area contributed by atoms with Crippen LogP contribution in [0.3, 0.4) is 0 Å². The fourth-order valence-electron chi connectivity index (χ4n) is 2.14. The summed E-state index contributed by atoms with van der Waals surface area (Å²) in [6.07, 6.45) is 5.52. The van der Waals surface area contributed by atoms with Gasteiger partial charge in [0.15, 0.2) is 11.0 Å². The minimum atomic E-state index is 0.0249. The molecule has 118 valence electrons. The fourth-order valence-corrected chi connectivity index (χ4v) is 2.86. The molecular weight excluding hydrogens is 298 g/mol. The van der Waals surface area contributed by atoms with Gasteiger partial charge in [0.05, 0.1) is 5.75 Å². The number of carbonyl (C=O) groups is 1. The molecule has 0 fully saturated rings. The highest BCUT2D eigenvalue weighted by molar-refractivity contribution is 7.99. The molecule has 1 unspecified atom stereocenters. The normalized spacial score (nSPS) is 12.1. The lowest BCUT2D eigenvalue weighted by molar-refractivity contribution is -0.119. The van der Waals surface area contributed by atoms with Crippen LogP contribution in [0.4, 0.5) is 0 Å². The lowest BCUT2D eigenvalue weighted by Crippen LogP contribution is -2.33. The highest BCUT2D eigenvalue weighted by atomic mass is 32.2. The second-order valence-corrected chi connectivity index (χ2v) is 6.10. The molecule has 7 heteroatoms. The maximum atomic E-state index is 11.9. The predicted octanol–water partition coefficient (Wildman–Crippen LogP) is 2.27. The molecule has 0 aromatic carbocycles. The van der Waals surface area contributed by atoms with Crippen LogP contribution in [-0.4, -0.2) is 37.5 Å². The number of carbonyl (C=O) groups excluding carboxylic acids is 1. The van der Waals surface area contributed by atoms with Crippen molar-refractivity contribution >= 4 is 17.7 Å². The zero-order valence-electron chi connectivity index (χ0n) is 13.1. The molecule has 0 aliphatic heterocycles. The molecule has 1 atom stereocenters. The molecule has 22 heavy (non-hydrogen) atoms. The summed E-state index contributed by atoms with van der Waals surface area (Å²) in [4.78, 5) is 16.0. The van der Waals surface area contributed by atoms with Gasteiger partial charge in [0.25, 0.3) is 0 Å². The molecule has 2 aromatic rings. The van der Waals surface area contributed by atoms with E-state index in [4.69, 9.17) is 0 Å². The first kappa shape index (κ1) is 16.5. The monoisotopic (exact) mass is 319 g/mol. The smallest absolute Gasteiger partial charge is 0.230 e. The Labute approximate surface area is 134 Å². The van der Waals surface area contributed by atoms with E-state index in [1.54, 1.807) is 12.4 Å². The largest absolute Gasteiger partial charge is 0.353 e. The van der Waals surface area contributed by atoms with Crippen LogP contribution in [0.15, 0.2) is 29.7 Å². The predicted molar refractivity (Wildman–Crippen MR) is 87.5 cm³/mol. The Kier molecular flexibility index (Phi) is 5.94. The third-order valence-corrected chi connectivity index (χ3v) is 4.24. The van der Waals surface area contributed by atoms with Crippen molar-refractivity contribution in [2.45, 2.75) is 37.9 Å². The van der Waals surface area contributed by atoms with Crippen molar-refractivity contribution < 1.29 is 4.79 Å². The van der Waals surface area contributed by atoms with Gasteiger partial charge in [0, 0.05) is 31.0 Å². The first-order chi connectivity index (χ1) is 10.6. The topological polar surface area (TPSA) is 72.7 Å². The standard InChI is InChI=1S/C15H21N5OS/c1-4-6-11(2)17-13(21)10-22-15-19-18-14(20(15)3)12-7-5-8-16-9-12/h5,7-9,11H,4,6,10H2,1-3H3,(H,17,21). The molecule has 0 bridgehead atoms. The number of aromatic nitrogens is 4. The van der Waals surface area contributed by atoms with Crippen LogP contribution in [0.2, 0.25) is 0 Å². The summed E-state index contributed by atoms with van der Waals surface area (Å²) in [5.74, 6) is 1.11. The summed E-state index contributed by atoms with van der Waals surface area (Å²) in [6.45, 7) is 4.13. The number of hydrogen-bond donors (Lipinski definition) is 1. The lowest BCUT2D eigenvalue weighted by Gasteiger charge is -2.12. The van der Waals surface area contributed by atoms with Crippen molar-refractivity contribution in [1.82, 2.24) is 25.1 Å². The van der Waals surface area contributed by atoms with Gasteiger partial charge in [-0.2, -0.15) is 0 Å². The van der Waals surface area contributed by atoms with E-state index in [1.807, 2.05) is 30.7 Å². The molecule has 2 heterocycles. The number of nitrogens with one attached hydrogen (secondary N) is 1. The minimum Gasteiger partial charge on any atom is -0.353 e. The number of pyridine rings is 1. The summed E-state index contributed by atoms with van der Waals surface area (Å²) in [5.41, 5.74) is 0.908. The molecule has 0 saturated heterocycles. The van der Waals surface area contributed by atoms with E-state index in [2.05, 4.69) is 27.4 Å². The van der Waals surface area contributed by atoms with Crippen LogP contribution in [0.5, 0.6) is 0 Å². The SMILES string of the molecule is CCCC(C)NC(=O)CSc1nnc(-c2cccnc2)n1C. The zero-order valence-corrected chi connectivity index (χ0v) is 13.9. The van der Waals surface area contributed by atoms with E-state index in [0.29, 0.717) is 5.75 Å². The molecule has 0 aliphatic carbocycles. The molecular formula is C15H21N5OS. The van der Waals surface area contributed by atoms with Crippen molar-refractivity contribution in [2.24, 2.45) is 7.05 Å². The molecule has 2 aromatic heterocycles. The maximum Gasteiger partial charge on any atom is 0.230 e. The number of hydrogen-bond acceptors (Lipinski definition) is 5. The van der Waals surface area contributed by atoms with Gasteiger partial charge in [-0.15, -0.1) is 10.2 Å². The Balaban J connectivity index is 1.95.